The highest BCUT2D eigenvalue weighted by Gasteiger charge is 2.25. The van der Waals surface area contributed by atoms with Crippen LogP contribution in [0, 0.1) is 0 Å². The van der Waals surface area contributed by atoms with Gasteiger partial charge in [0.05, 0.1) is 50.0 Å². The van der Waals surface area contributed by atoms with Gasteiger partial charge < -0.3 is 9.13 Å². The molecule has 5 heteroatoms. The lowest BCUT2D eigenvalue weighted by molar-refractivity contribution is 1.07. The minimum absolute atomic E-state index is 0.791. The quantitative estimate of drug-likeness (QED) is 0.168. The number of aromatic nitrogens is 5. The van der Waals surface area contributed by atoms with E-state index < -0.39 is 0 Å². The van der Waals surface area contributed by atoms with E-state index in [2.05, 4.69) is 215 Å². The lowest BCUT2D eigenvalue weighted by Crippen LogP contribution is -2.04. The summed E-state index contributed by atoms with van der Waals surface area (Å²) in [6.07, 6.45) is 6.39. The van der Waals surface area contributed by atoms with Crippen LogP contribution in [0.4, 0.5) is 0 Å². The molecule has 0 spiro atoms. The van der Waals surface area contributed by atoms with E-state index in [0.717, 1.165) is 94.4 Å². The second kappa shape index (κ2) is 14.0. The summed E-state index contributed by atoms with van der Waals surface area (Å²) in [7, 11) is 0. The summed E-state index contributed by atoms with van der Waals surface area (Å²) in [6.45, 7) is 6.56. The SMILES string of the molecule is C=Cc1c(/C=C\C)n(-c2ccc3c4ccccc4n(-c4nc5ccccc5nc4-c4cccc5ccccc45)c3c2)c2ccc3c(c4ccccc4n3-c3cccc4ccccc34)c12. The number of benzene rings is 9. The zero-order valence-corrected chi connectivity index (χ0v) is 35.1. The summed E-state index contributed by atoms with van der Waals surface area (Å²) in [4.78, 5) is 10.9. The van der Waals surface area contributed by atoms with Crippen molar-refractivity contribution in [2.45, 2.75) is 6.92 Å². The van der Waals surface area contributed by atoms with E-state index in [1.165, 1.54) is 32.4 Å². The molecule has 0 aliphatic heterocycles. The zero-order valence-electron chi connectivity index (χ0n) is 35.1. The van der Waals surface area contributed by atoms with Crippen molar-refractivity contribution in [2.24, 2.45) is 0 Å². The van der Waals surface area contributed by atoms with E-state index in [1.807, 2.05) is 18.2 Å². The van der Waals surface area contributed by atoms with E-state index in [-0.39, 0.29) is 0 Å². The molecule has 0 saturated carbocycles. The summed E-state index contributed by atoms with van der Waals surface area (Å²) in [6, 6.07) is 67.4. The lowest BCUT2D eigenvalue weighted by atomic mass is 10.0. The molecular formula is C59H39N5. The van der Waals surface area contributed by atoms with Gasteiger partial charge in [-0.15, -0.1) is 0 Å². The van der Waals surface area contributed by atoms with Crippen LogP contribution in [0.3, 0.4) is 0 Å². The molecular weight excluding hydrogens is 779 g/mol. The van der Waals surface area contributed by atoms with Gasteiger partial charge in [-0.3, -0.25) is 4.57 Å². The number of hydrogen-bond donors (Lipinski definition) is 0. The largest absolute Gasteiger partial charge is 0.309 e. The van der Waals surface area contributed by atoms with Gasteiger partial charge in [0.2, 0.25) is 0 Å². The van der Waals surface area contributed by atoms with E-state index >= 15 is 0 Å². The molecule has 0 bridgehead atoms. The maximum absolute atomic E-state index is 5.49. The van der Waals surface area contributed by atoms with Gasteiger partial charge in [-0.1, -0.05) is 152 Å². The Morgan fingerprint density at radius 1 is 0.453 bits per heavy atom. The third-order valence-corrected chi connectivity index (χ3v) is 13.1. The zero-order chi connectivity index (χ0) is 42.5. The monoisotopic (exact) mass is 817 g/mol. The van der Waals surface area contributed by atoms with Crippen LogP contribution in [0.1, 0.15) is 18.2 Å². The molecule has 300 valence electrons. The Morgan fingerprint density at radius 2 is 1.05 bits per heavy atom. The van der Waals surface area contributed by atoms with Gasteiger partial charge in [-0.2, -0.15) is 0 Å². The van der Waals surface area contributed by atoms with Crippen molar-refractivity contribution in [1.29, 1.82) is 0 Å². The molecule has 13 aromatic rings. The average molecular weight is 818 g/mol. The van der Waals surface area contributed by atoms with Crippen LogP contribution >= 0.6 is 0 Å². The van der Waals surface area contributed by atoms with Crippen LogP contribution in [0.15, 0.2) is 201 Å². The summed E-state index contributed by atoms with van der Waals surface area (Å²) in [5.41, 5.74) is 13.5. The van der Waals surface area contributed by atoms with Crippen LogP contribution in [0.2, 0.25) is 0 Å². The molecule has 0 atom stereocenters. The minimum atomic E-state index is 0.791. The molecule has 9 aromatic carbocycles. The molecule has 4 heterocycles. The van der Waals surface area contributed by atoms with Gasteiger partial charge in [0.25, 0.3) is 0 Å². The molecule has 0 saturated heterocycles. The highest BCUT2D eigenvalue weighted by molar-refractivity contribution is 6.24. The molecule has 0 unspecified atom stereocenters. The third kappa shape index (κ3) is 5.12. The first-order chi connectivity index (χ1) is 31.7. The number of nitrogens with zero attached hydrogens (tertiary/aromatic N) is 5. The number of hydrogen-bond acceptors (Lipinski definition) is 2. The molecule has 4 aromatic heterocycles. The maximum Gasteiger partial charge on any atom is 0.165 e. The highest BCUT2D eigenvalue weighted by atomic mass is 15.1. The fourth-order valence-electron chi connectivity index (χ4n) is 10.4. The van der Waals surface area contributed by atoms with Gasteiger partial charge in [0, 0.05) is 49.1 Å². The number of rotatable bonds is 6. The van der Waals surface area contributed by atoms with Crippen molar-refractivity contribution in [3.05, 3.63) is 212 Å². The molecule has 13 rings (SSSR count). The molecule has 64 heavy (non-hydrogen) atoms. The Hall–Kier alpha value is -8.54. The predicted molar refractivity (Wildman–Crippen MR) is 270 cm³/mol. The summed E-state index contributed by atoms with van der Waals surface area (Å²) < 4.78 is 7.18. The van der Waals surface area contributed by atoms with Gasteiger partial charge >= 0.3 is 0 Å². The Morgan fingerprint density at radius 3 is 1.81 bits per heavy atom. The van der Waals surface area contributed by atoms with E-state index in [1.54, 1.807) is 0 Å². The molecule has 0 radical (unpaired) electrons. The molecule has 0 N–H and O–H groups in total. The van der Waals surface area contributed by atoms with Crippen molar-refractivity contribution in [3.8, 4) is 28.5 Å². The first-order valence-corrected chi connectivity index (χ1v) is 21.8. The average Bonchev–Trinajstić information content (AvgIpc) is 3.98. The summed E-state index contributed by atoms with van der Waals surface area (Å²) in [5, 5.41) is 10.6. The fourth-order valence-corrected chi connectivity index (χ4v) is 10.4. The normalized spacial score (nSPS) is 12.1. The van der Waals surface area contributed by atoms with E-state index in [4.69, 9.17) is 9.97 Å². The lowest BCUT2D eigenvalue weighted by Gasteiger charge is -2.16. The first kappa shape index (κ1) is 36.1. The smallest absolute Gasteiger partial charge is 0.165 e. The Balaban J connectivity index is 1.13. The summed E-state index contributed by atoms with van der Waals surface area (Å²) in [5.74, 6) is 0.791. The standard InChI is InChI=1S/C59H39N5/c1-3-17-49-40(4-2)56-53(34-35-54-57(56)46-25-10-14-30-52(46)63(54)50-31-16-21-38-19-6-8-23-42(38)50)62(49)39-32-33-44-43-24-9-13-29-51(43)64(55(44)36-39)59-58(60-47-27-11-12-28-48(47)61-59)45-26-15-20-37-18-5-7-22-41(37)45/h3-36H,2H2,1H3/b17-3-. The van der Waals surface area contributed by atoms with Crippen molar-refractivity contribution in [1.82, 2.24) is 23.7 Å². The Bertz CT molecular complexity index is 4110. The topological polar surface area (TPSA) is 40.6 Å². The van der Waals surface area contributed by atoms with Gasteiger partial charge in [-0.25, -0.2) is 9.97 Å². The third-order valence-electron chi connectivity index (χ3n) is 13.1. The van der Waals surface area contributed by atoms with Crippen molar-refractivity contribution in [2.75, 3.05) is 0 Å². The van der Waals surface area contributed by atoms with Crippen LogP contribution in [0.5, 0.6) is 0 Å². The minimum Gasteiger partial charge on any atom is -0.309 e. The van der Waals surface area contributed by atoms with Crippen molar-refractivity contribution < 1.29 is 0 Å². The molecule has 0 aliphatic rings. The van der Waals surface area contributed by atoms with Crippen molar-refractivity contribution in [3.63, 3.8) is 0 Å². The first-order valence-electron chi connectivity index (χ1n) is 21.8. The molecule has 0 amide bonds. The van der Waals surface area contributed by atoms with Crippen LogP contribution in [-0.4, -0.2) is 23.7 Å². The maximum atomic E-state index is 5.49. The van der Waals surface area contributed by atoms with Crippen LogP contribution in [0.25, 0.3) is 128 Å². The molecule has 0 fully saturated rings. The van der Waals surface area contributed by atoms with Gasteiger partial charge in [-0.05, 0) is 83.8 Å². The predicted octanol–water partition coefficient (Wildman–Crippen LogP) is 15.4. The Labute approximate surface area is 368 Å². The molecule has 5 nitrogen and oxygen atoms in total. The number of para-hydroxylation sites is 4. The second-order valence-corrected chi connectivity index (χ2v) is 16.5. The summed E-state index contributed by atoms with van der Waals surface area (Å²) >= 11 is 0. The highest BCUT2D eigenvalue weighted by Crippen LogP contribution is 2.44. The van der Waals surface area contributed by atoms with Gasteiger partial charge in [0.15, 0.2) is 5.82 Å². The fraction of sp³-hybridized carbons (Fsp3) is 0.0169. The van der Waals surface area contributed by atoms with E-state index in [9.17, 15) is 0 Å². The van der Waals surface area contributed by atoms with Crippen molar-refractivity contribution >= 4 is 99.2 Å². The number of allylic oxidation sites excluding steroid dienone is 1. The molecule has 0 aliphatic carbocycles. The van der Waals surface area contributed by atoms with Gasteiger partial charge in [0.1, 0.15) is 5.69 Å². The van der Waals surface area contributed by atoms with Crippen LogP contribution < -0.4 is 0 Å². The second-order valence-electron chi connectivity index (χ2n) is 16.5. The number of fused-ring (bicyclic) bond motifs is 11. The van der Waals surface area contributed by atoms with Crippen LogP contribution in [-0.2, 0) is 0 Å². The Kier molecular flexibility index (Phi) is 7.90. The van der Waals surface area contributed by atoms with E-state index in [0.29, 0.717) is 0 Å².